The summed E-state index contributed by atoms with van der Waals surface area (Å²) in [5.74, 6) is -0.210. The summed E-state index contributed by atoms with van der Waals surface area (Å²) in [6.07, 6.45) is -5.24. The summed E-state index contributed by atoms with van der Waals surface area (Å²) < 4.78 is 36.8. The Morgan fingerprint density at radius 1 is 1.22 bits per heavy atom. The fourth-order valence-corrected chi connectivity index (χ4v) is 1.98. The standard InChI is InChI=1S/C15H14F3N3O2/c1-9-20-12(6-13(22)21-9)14(23)19-8-11-4-2-10(3-5-11)7-15(16,17)18/h2-6H,7-8H2,1H3,(H,19,23)(H,20,21,22). The maximum Gasteiger partial charge on any atom is 0.393 e. The molecule has 8 heteroatoms. The van der Waals surface area contributed by atoms with Gasteiger partial charge in [0.05, 0.1) is 6.42 Å². The summed E-state index contributed by atoms with van der Waals surface area (Å²) in [4.78, 5) is 29.5. The van der Waals surface area contributed by atoms with Gasteiger partial charge in [0.15, 0.2) is 0 Å². The second-order valence-electron chi connectivity index (χ2n) is 5.01. The lowest BCUT2D eigenvalue weighted by Gasteiger charge is -2.08. The topological polar surface area (TPSA) is 74.8 Å². The Bertz CT molecular complexity index is 752. The van der Waals surface area contributed by atoms with Crippen molar-refractivity contribution in [2.75, 3.05) is 0 Å². The minimum Gasteiger partial charge on any atom is -0.347 e. The van der Waals surface area contributed by atoms with Crippen LogP contribution in [0.4, 0.5) is 13.2 Å². The zero-order valence-corrected chi connectivity index (χ0v) is 12.2. The summed E-state index contributed by atoms with van der Waals surface area (Å²) in [7, 11) is 0. The second-order valence-corrected chi connectivity index (χ2v) is 5.01. The monoisotopic (exact) mass is 325 g/mol. The first kappa shape index (κ1) is 16.7. The summed E-state index contributed by atoms with van der Waals surface area (Å²) in [5, 5.41) is 2.56. The van der Waals surface area contributed by atoms with Crippen molar-refractivity contribution >= 4 is 5.91 Å². The van der Waals surface area contributed by atoms with Crippen LogP contribution in [0.1, 0.15) is 27.4 Å². The molecule has 23 heavy (non-hydrogen) atoms. The van der Waals surface area contributed by atoms with Crippen LogP contribution in [0.15, 0.2) is 35.1 Å². The van der Waals surface area contributed by atoms with Crippen molar-refractivity contribution in [1.82, 2.24) is 15.3 Å². The van der Waals surface area contributed by atoms with E-state index in [9.17, 15) is 22.8 Å². The van der Waals surface area contributed by atoms with Gasteiger partial charge >= 0.3 is 6.18 Å². The molecule has 0 aliphatic carbocycles. The van der Waals surface area contributed by atoms with Gasteiger partial charge < -0.3 is 10.3 Å². The van der Waals surface area contributed by atoms with Crippen LogP contribution in [0.3, 0.4) is 0 Å². The van der Waals surface area contributed by atoms with Gasteiger partial charge in [-0.25, -0.2) is 4.98 Å². The van der Waals surface area contributed by atoms with E-state index < -0.39 is 24.1 Å². The summed E-state index contributed by atoms with van der Waals surface area (Å²) in [6, 6.07) is 6.83. The molecule has 2 aromatic rings. The van der Waals surface area contributed by atoms with Gasteiger partial charge in [-0.15, -0.1) is 0 Å². The van der Waals surface area contributed by atoms with E-state index in [0.29, 0.717) is 11.4 Å². The van der Waals surface area contributed by atoms with Crippen LogP contribution in [-0.4, -0.2) is 22.1 Å². The van der Waals surface area contributed by atoms with E-state index in [2.05, 4.69) is 15.3 Å². The van der Waals surface area contributed by atoms with Gasteiger partial charge in [-0.05, 0) is 18.1 Å². The predicted octanol–water partition coefficient (Wildman–Crippen LogP) is 2.11. The minimum absolute atomic E-state index is 0.0139. The maximum atomic E-state index is 12.3. The average molecular weight is 325 g/mol. The molecule has 0 bridgehead atoms. The van der Waals surface area contributed by atoms with Crippen LogP contribution in [0.25, 0.3) is 0 Å². The van der Waals surface area contributed by atoms with E-state index in [1.807, 2.05) is 0 Å². The van der Waals surface area contributed by atoms with Crippen molar-refractivity contribution < 1.29 is 18.0 Å². The number of halogens is 3. The van der Waals surface area contributed by atoms with Gasteiger partial charge in [0, 0.05) is 12.6 Å². The highest BCUT2D eigenvalue weighted by atomic mass is 19.4. The molecule has 5 nitrogen and oxygen atoms in total. The van der Waals surface area contributed by atoms with Gasteiger partial charge in [-0.1, -0.05) is 24.3 Å². The van der Waals surface area contributed by atoms with Gasteiger partial charge in [0.25, 0.3) is 11.5 Å². The van der Waals surface area contributed by atoms with Crippen molar-refractivity contribution in [3.63, 3.8) is 0 Å². The third-order valence-electron chi connectivity index (χ3n) is 2.97. The van der Waals surface area contributed by atoms with E-state index in [4.69, 9.17) is 0 Å². The number of carbonyl (C=O) groups is 1. The molecular weight excluding hydrogens is 311 g/mol. The van der Waals surface area contributed by atoms with Gasteiger partial charge in [-0.2, -0.15) is 13.2 Å². The molecule has 0 saturated heterocycles. The number of benzene rings is 1. The average Bonchev–Trinajstić information content (AvgIpc) is 2.43. The smallest absolute Gasteiger partial charge is 0.347 e. The molecular formula is C15H14F3N3O2. The number of amides is 1. The predicted molar refractivity (Wildman–Crippen MR) is 77.0 cm³/mol. The van der Waals surface area contributed by atoms with Crippen molar-refractivity contribution in [2.45, 2.75) is 26.1 Å². The molecule has 0 aliphatic heterocycles. The van der Waals surface area contributed by atoms with E-state index in [1.54, 1.807) is 6.92 Å². The van der Waals surface area contributed by atoms with Gasteiger partial charge in [0.1, 0.15) is 11.5 Å². The molecule has 0 aliphatic rings. The number of hydrogen-bond donors (Lipinski definition) is 2. The van der Waals surface area contributed by atoms with E-state index >= 15 is 0 Å². The van der Waals surface area contributed by atoms with Crippen LogP contribution in [0, 0.1) is 6.92 Å². The summed E-state index contributed by atoms with van der Waals surface area (Å²) in [6.45, 7) is 1.68. The van der Waals surface area contributed by atoms with Crippen molar-refractivity contribution in [3.05, 3.63) is 63.3 Å². The zero-order valence-electron chi connectivity index (χ0n) is 12.2. The number of nitrogens with zero attached hydrogens (tertiary/aromatic N) is 1. The van der Waals surface area contributed by atoms with Crippen LogP contribution in [-0.2, 0) is 13.0 Å². The van der Waals surface area contributed by atoms with E-state index in [0.717, 1.165) is 6.07 Å². The first-order chi connectivity index (χ1) is 10.7. The van der Waals surface area contributed by atoms with Crippen molar-refractivity contribution in [1.29, 1.82) is 0 Å². The Labute approximate surface area is 129 Å². The fraction of sp³-hybridized carbons (Fsp3) is 0.267. The second kappa shape index (κ2) is 6.64. The number of aryl methyl sites for hydroxylation is 1. The quantitative estimate of drug-likeness (QED) is 0.904. The van der Waals surface area contributed by atoms with Crippen LogP contribution >= 0.6 is 0 Å². The molecule has 122 valence electrons. The zero-order chi connectivity index (χ0) is 17.0. The van der Waals surface area contributed by atoms with Crippen LogP contribution in [0.5, 0.6) is 0 Å². The molecule has 1 aromatic carbocycles. The molecule has 0 saturated carbocycles. The first-order valence-electron chi connectivity index (χ1n) is 6.74. The highest BCUT2D eigenvalue weighted by Crippen LogP contribution is 2.21. The van der Waals surface area contributed by atoms with E-state index in [1.165, 1.54) is 24.3 Å². The molecule has 1 amide bonds. The van der Waals surface area contributed by atoms with Crippen molar-refractivity contribution in [3.8, 4) is 0 Å². The summed E-state index contributed by atoms with van der Waals surface area (Å²) in [5.41, 5.74) is 0.351. The van der Waals surface area contributed by atoms with Crippen LogP contribution < -0.4 is 10.9 Å². The molecule has 0 unspecified atom stereocenters. The van der Waals surface area contributed by atoms with E-state index in [-0.39, 0.29) is 17.8 Å². The number of H-pyrrole nitrogens is 1. The van der Waals surface area contributed by atoms with Gasteiger partial charge in [0.2, 0.25) is 0 Å². The summed E-state index contributed by atoms with van der Waals surface area (Å²) >= 11 is 0. The molecule has 0 fully saturated rings. The number of rotatable bonds is 4. The molecule has 1 heterocycles. The largest absolute Gasteiger partial charge is 0.393 e. The molecule has 0 atom stereocenters. The number of alkyl halides is 3. The van der Waals surface area contributed by atoms with Gasteiger partial charge in [-0.3, -0.25) is 9.59 Å². The van der Waals surface area contributed by atoms with Crippen LogP contribution in [0.2, 0.25) is 0 Å². The lowest BCUT2D eigenvalue weighted by molar-refractivity contribution is -0.127. The molecule has 1 aromatic heterocycles. The first-order valence-corrected chi connectivity index (χ1v) is 6.74. The Balaban J connectivity index is 1.97. The number of carbonyl (C=O) groups excluding carboxylic acids is 1. The SMILES string of the molecule is Cc1nc(C(=O)NCc2ccc(CC(F)(F)F)cc2)cc(=O)[nH]1. The molecule has 0 spiro atoms. The lowest BCUT2D eigenvalue weighted by atomic mass is 10.1. The number of aromatic amines is 1. The van der Waals surface area contributed by atoms with Crippen molar-refractivity contribution in [2.24, 2.45) is 0 Å². The maximum absolute atomic E-state index is 12.3. The number of hydrogen-bond acceptors (Lipinski definition) is 3. The Kier molecular flexibility index (Phi) is 4.83. The number of nitrogens with one attached hydrogen (secondary N) is 2. The molecule has 2 N–H and O–H groups in total. The Morgan fingerprint density at radius 3 is 2.39 bits per heavy atom. The minimum atomic E-state index is -4.25. The fourth-order valence-electron chi connectivity index (χ4n) is 1.98. The number of aromatic nitrogens is 2. The highest BCUT2D eigenvalue weighted by Gasteiger charge is 2.27. The Hall–Kier alpha value is -2.64. The Morgan fingerprint density at radius 2 is 1.83 bits per heavy atom. The third-order valence-corrected chi connectivity index (χ3v) is 2.97. The highest BCUT2D eigenvalue weighted by molar-refractivity contribution is 5.92. The third kappa shape index (κ3) is 5.24. The molecule has 0 radical (unpaired) electrons. The molecule has 2 rings (SSSR count). The lowest BCUT2D eigenvalue weighted by Crippen LogP contribution is -2.26. The normalized spacial score (nSPS) is 11.3.